The van der Waals surface area contributed by atoms with E-state index in [0.717, 1.165) is 32.7 Å². The summed E-state index contributed by atoms with van der Waals surface area (Å²) in [5.41, 5.74) is 5.86. The first-order valence-electron chi connectivity index (χ1n) is 11.3. The first-order valence-corrected chi connectivity index (χ1v) is 14.3. The van der Waals surface area contributed by atoms with E-state index in [2.05, 4.69) is 0 Å². The number of ether oxygens (including phenoxy) is 1. The maximum absolute atomic E-state index is 13.9. The molecule has 0 fully saturated rings. The van der Waals surface area contributed by atoms with Gasteiger partial charge in [-0.3, -0.25) is 9.00 Å². The molecule has 35 heavy (non-hydrogen) atoms. The Hall–Kier alpha value is -2.81. The predicted octanol–water partition coefficient (Wildman–Crippen LogP) is 4.30. The highest BCUT2D eigenvalue weighted by molar-refractivity contribution is 7.89. The lowest BCUT2D eigenvalue weighted by atomic mass is 9.92. The van der Waals surface area contributed by atoms with Crippen LogP contribution in [0.25, 0.3) is 11.1 Å². The molecular formula is C27H29NO5S2. The zero-order valence-electron chi connectivity index (χ0n) is 20.5. The molecule has 2 atom stereocenters. The summed E-state index contributed by atoms with van der Waals surface area (Å²) < 4.78 is 45.9. The quantitative estimate of drug-likeness (QED) is 0.477. The number of hydrogen-bond donors (Lipinski definition) is 0. The minimum atomic E-state index is -3.97. The van der Waals surface area contributed by atoms with Gasteiger partial charge in [-0.1, -0.05) is 48.0 Å². The van der Waals surface area contributed by atoms with E-state index in [1.165, 1.54) is 11.4 Å². The van der Waals surface area contributed by atoms with E-state index in [-0.39, 0.29) is 17.9 Å². The second kappa shape index (κ2) is 9.68. The first-order chi connectivity index (χ1) is 16.5. The Morgan fingerprint density at radius 3 is 2.26 bits per heavy atom. The summed E-state index contributed by atoms with van der Waals surface area (Å²) in [6.45, 7) is 5.56. The smallest absolute Gasteiger partial charge is 0.324 e. The molecule has 1 aliphatic rings. The summed E-state index contributed by atoms with van der Waals surface area (Å²) in [5, 5.41) is 0. The van der Waals surface area contributed by atoms with E-state index in [0.29, 0.717) is 11.1 Å². The lowest BCUT2D eigenvalue weighted by Gasteiger charge is -2.35. The van der Waals surface area contributed by atoms with Crippen LogP contribution < -0.4 is 0 Å². The molecule has 0 bridgehead atoms. The van der Waals surface area contributed by atoms with Gasteiger partial charge in [0.2, 0.25) is 10.0 Å². The number of carbonyl (C=O) groups is 1. The van der Waals surface area contributed by atoms with Crippen molar-refractivity contribution in [1.29, 1.82) is 0 Å². The second-order valence-electron chi connectivity index (χ2n) is 8.99. The third-order valence-electron chi connectivity index (χ3n) is 6.44. The molecule has 6 nitrogen and oxygen atoms in total. The zero-order valence-corrected chi connectivity index (χ0v) is 22.1. The van der Waals surface area contributed by atoms with E-state index in [1.54, 1.807) is 20.1 Å². The van der Waals surface area contributed by atoms with Gasteiger partial charge in [-0.15, -0.1) is 0 Å². The van der Waals surface area contributed by atoms with E-state index in [9.17, 15) is 17.4 Å². The van der Waals surface area contributed by atoms with E-state index in [4.69, 9.17) is 4.74 Å². The van der Waals surface area contributed by atoms with Crippen molar-refractivity contribution in [1.82, 2.24) is 4.31 Å². The van der Waals surface area contributed by atoms with Gasteiger partial charge in [0.25, 0.3) is 0 Å². The molecule has 3 aromatic rings. The fourth-order valence-corrected chi connectivity index (χ4v) is 7.41. The van der Waals surface area contributed by atoms with Gasteiger partial charge < -0.3 is 4.74 Å². The third-order valence-corrected chi connectivity index (χ3v) is 9.52. The summed E-state index contributed by atoms with van der Waals surface area (Å²) in [6, 6.07) is 16.1. The van der Waals surface area contributed by atoms with Gasteiger partial charge >= 0.3 is 5.97 Å². The maximum Gasteiger partial charge on any atom is 0.324 e. The third kappa shape index (κ3) is 4.83. The van der Waals surface area contributed by atoms with Crippen LogP contribution in [0.2, 0.25) is 0 Å². The molecule has 0 saturated heterocycles. The SMILES string of the molecule is COC(=O)C1Cc2cc(-c3cccc(S(C)=O)c3)ccc2CN1S(=O)(=O)c1c(C)cc(C)cc1C. The molecule has 3 aromatic carbocycles. The molecule has 0 radical (unpaired) electrons. The summed E-state index contributed by atoms with van der Waals surface area (Å²) in [7, 11) is -3.79. The Bertz CT molecular complexity index is 1420. The molecule has 0 aromatic heterocycles. The molecule has 1 aliphatic heterocycles. The van der Waals surface area contributed by atoms with Gasteiger partial charge in [0.05, 0.1) is 12.0 Å². The van der Waals surface area contributed by atoms with E-state index >= 15 is 0 Å². The van der Waals surface area contributed by atoms with Crippen molar-refractivity contribution < 1.29 is 22.2 Å². The normalized spacial score (nSPS) is 17.0. The van der Waals surface area contributed by atoms with Gasteiger partial charge in [0, 0.05) is 34.9 Å². The van der Waals surface area contributed by atoms with Crippen LogP contribution >= 0.6 is 0 Å². The van der Waals surface area contributed by atoms with Crippen LogP contribution in [0, 0.1) is 20.8 Å². The summed E-state index contributed by atoms with van der Waals surface area (Å²) in [5.74, 6) is -0.588. The van der Waals surface area contributed by atoms with Crippen LogP contribution in [0.4, 0.5) is 0 Å². The van der Waals surface area contributed by atoms with Crippen molar-refractivity contribution in [2.24, 2.45) is 0 Å². The van der Waals surface area contributed by atoms with Crippen LogP contribution in [0.1, 0.15) is 27.8 Å². The molecule has 0 amide bonds. The lowest BCUT2D eigenvalue weighted by molar-refractivity contribution is -0.145. The molecule has 4 rings (SSSR count). The average molecular weight is 512 g/mol. The Morgan fingerprint density at radius 2 is 1.63 bits per heavy atom. The molecule has 0 N–H and O–H groups in total. The highest BCUT2D eigenvalue weighted by Crippen LogP contribution is 2.34. The number of esters is 1. The van der Waals surface area contributed by atoms with Crippen LogP contribution in [0.3, 0.4) is 0 Å². The van der Waals surface area contributed by atoms with Crippen LogP contribution in [0.5, 0.6) is 0 Å². The molecule has 8 heteroatoms. The fourth-order valence-electron chi connectivity index (χ4n) is 4.87. The van der Waals surface area contributed by atoms with Crippen molar-refractivity contribution in [3.8, 4) is 11.1 Å². The van der Waals surface area contributed by atoms with Gasteiger partial charge in [-0.05, 0) is 66.3 Å². The number of hydrogen-bond acceptors (Lipinski definition) is 5. The highest BCUT2D eigenvalue weighted by atomic mass is 32.2. The van der Waals surface area contributed by atoms with Crippen LogP contribution in [-0.2, 0) is 43.3 Å². The Morgan fingerprint density at radius 1 is 0.971 bits per heavy atom. The van der Waals surface area contributed by atoms with Crippen LogP contribution in [-0.4, -0.2) is 42.3 Å². The minimum absolute atomic E-state index is 0.0729. The Kier molecular flexibility index (Phi) is 6.99. The molecular weight excluding hydrogens is 482 g/mol. The number of carbonyl (C=O) groups excluding carboxylic acids is 1. The van der Waals surface area contributed by atoms with Gasteiger partial charge in [-0.2, -0.15) is 4.31 Å². The average Bonchev–Trinajstić information content (AvgIpc) is 2.81. The number of aryl methyl sites for hydroxylation is 3. The van der Waals surface area contributed by atoms with Crippen molar-refractivity contribution >= 4 is 26.8 Å². The highest BCUT2D eigenvalue weighted by Gasteiger charge is 2.41. The largest absolute Gasteiger partial charge is 0.468 e. The van der Waals surface area contributed by atoms with Crippen molar-refractivity contribution in [2.45, 2.75) is 49.6 Å². The predicted molar refractivity (Wildman–Crippen MR) is 137 cm³/mol. The molecule has 184 valence electrons. The van der Waals surface area contributed by atoms with Gasteiger partial charge in [-0.25, -0.2) is 8.42 Å². The second-order valence-corrected chi connectivity index (χ2v) is 12.2. The number of methoxy groups -OCH3 is 1. The van der Waals surface area contributed by atoms with E-state index in [1.807, 2.05) is 61.5 Å². The number of sulfonamides is 1. The molecule has 1 heterocycles. The zero-order chi connectivity index (χ0) is 25.5. The standard InChI is InChI=1S/C27H29NO5S2/c1-17-11-18(2)26(19(3)12-17)35(31,32)28-16-22-10-9-21(13-23(22)15-25(28)27(29)33-4)20-7-6-8-24(14-20)34(5)30/h6-14,25H,15-16H2,1-5H3. The van der Waals surface area contributed by atoms with E-state index < -0.39 is 32.8 Å². The summed E-state index contributed by atoms with van der Waals surface area (Å²) >= 11 is 0. The number of benzene rings is 3. The number of rotatable bonds is 5. The Balaban J connectivity index is 1.78. The van der Waals surface area contributed by atoms with Crippen LogP contribution in [0.15, 0.2) is 64.4 Å². The van der Waals surface area contributed by atoms with Crippen molar-refractivity contribution in [2.75, 3.05) is 13.4 Å². The lowest BCUT2D eigenvalue weighted by Crippen LogP contribution is -2.49. The number of fused-ring (bicyclic) bond motifs is 1. The molecule has 0 aliphatic carbocycles. The molecule has 0 spiro atoms. The maximum atomic E-state index is 13.9. The van der Waals surface area contributed by atoms with Crippen molar-refractivity contribution in [3.63, 3.8) is 0 Å². The van der Waals surface area contributed by atoms with Gasteiger partial charge in [0.15, 0.2) is 0 Å². The fraction of sp³-hybridized carbons (Fsp3) is 0.296. The Labute approximate surface area is 209 Å². The monoisotopic (exact) mass is 511 g/mol. The summed E-state index contributed by atoms with van der Waals surface area (Å²) in [4.78, 5) is 13.8. The van der Waals surface area contributed by atoms with Crippen molar-refractivity contribution in [3.05, 3.63) is 82.4 Å². The molecule has 0 saturated carbocycles. The first kappa shape index (κ1) is 25.3. The summed E-state index contributed by atoms with van der Waals surface area (Å²) in [6.07, 6.45) is 1.85. The topological polar surface area (TPSA) is 80.8 Å². The number of nitrogens with zero attached hydrogens (tertiary/aromatic N) is 1. The minimum Gasteiger partial charge on any atom is -0.468 e. The molecule has 2 unspecified atom stereocenters. The van der Waals surface area contributed by atoms with Gasteiger partial charge in [0.1, 0.15) is 6.04 Å².